The standard InChI is InChI=1S/C20H40O3Si2/c1-24(2,10-5-9-21-15-18-16-22-18)12-13-25(3,4)11-8-17-6-7-19-20(14-17)23-19/h17-20H,5-16H2,1-4H3. The second-order valence-electron chi connectivity index (χ2n) is 10.4. The lowest BCUT2D eigenvalue weighted by Gasteiger charge is -2.30. The van der Waals surface area contributed by atoms with Crippen molar-refractivity contribution in [1.29, 1.82) is 0 Å². The highest BCUT2D eigenvalue weighted by atomic mass is 28.3. The first kappa shape index (κ1) is 20.1. The highest BCUT2D eigenvalue weighted by molar-refractivity contribution is 6.82. The van der Waals surface area contributed by atoms with Crippen LogP contribution >= 0.6 is 0 Å². The molecule has 0 amide bonds. The number of fused-ring (bicyclic) bond motifs is 1. The van der Waals surface area contributed by atoms with Gasteiger partial charge in [0.15, 0.2) is 0 Å². The van der Waals surface area contributed by atoms with Crippen LogP contribution in [0.4, 0.5) is 0 Å². The van der Waals surface area contributed by atoms with Crippen LogP contribution in [0.2, 0.25) is 50.4 Å². The lowest BCUT2D eigenvalue weighted by Crippen LogP contribution is -2.33. The van der Waals surface area contributed by atoms with Crippen LogP contribution in [-0.2, 0) is 14.2 Å². The van der Waals surface area contributed by atoms with Gasteiger partial charge in [0.2, 0.25) is 0 Å². The summed E-state index contributed by atoms with van der Waals surface area (Å²) >= 11 is 0. The van der Waals surface area contributed by atoms with Crippen molar-refractivity contribution in [3.63, 3.8) is 0 Å². The monoisotopic (exact) mass is 384 g/mol. The average Bonchev–Trinajstić information content (AvgIpc) is 3.45. The molecule has 3 nitrogen and oxygen atoms in total. The zero-order chi connectivity index (χ0) is 17.9. The third-order valence-corrected chi connectivity index (χ3v) is 13.7. The van der Waals surface area contributed by atoms with Crippen molar-refractivity contribution in [1.82, 2.24) is 0 Å². The zero-order valence-electron chi connectivity index (χ0n) is 17.0. The number of ether oxygens (including phenoxy) is 3. The third kappa shape index (κ3) is 7.45. The molecule has 0 radical (unpaired) electrons. The van der Waals surface area contributed by atoms with Gasteiger partial charge in [-0.25, -0.2) is 0 Å². The molecule has 2 aliphatic heterocycles. The summed E-state index contributed by atoms with van der Waals surface area (Å²) in [7, 11) is -2.06. The molecule has 146 valence electrons. The van der Waals surface area contributed by atoms with E-state index in [1.807, 2.05) is 0 Å². The molecule has 0 aromatic carbocycles. The van der Waals surface area contributed by atoms with Crippen molar-refractivity contribution in [2.45, 2.75) is 101 Å². The van der Waals surface area contributed by atoms with Crippen molar-refractivity contribution >= 4 is 16.1 Å². The Hall–Kier alpha value is 0.314. The van der Waals surface area contributed by atoms with Crippen molar-refractivity contribution < 1.29 is 14.2 Å². The van der Waals surface area contributed by atoms with Crippen molar-refractivity contribution in [2.24, 2.45) is 5.92 Å². The molecule has 3 rings (SSSR count). The smallest absolute Gasteiger partial charge is 0.104 e. The largest absolute Gasteiger partial charge is 0.379 e. The Labute approximate surface area is 157 Å². The van der Waals surface area contributed by atoms with Gasteiger partial charge in [-0.05, 0) is 31.6 Å². The fraction of sp³-hybridized carbons (Fsp3) is 1.00. The Balaban J connectivity index is 1.26. The van der Waals surface area contributed by atoms with E-state index in [0.717, 1.165) is 25.7 Å². The minimum Gasteiger partial charge on any atom is -0.379 e. The number of hydrogen-bond donors (Lipinski definition) is 0. The second-order valence-corrected chi connectivity index (χ2v) is 21.0. The molecule has 3 aliphatic rings. The first-order chi connectivity index (χ1) is 11.8. The zero-order valence-corrected chi connectivity index (χ0v) is 19.0. The van der Waals surface area contributed by atoms with Gasteiger partial charge < -0.3 is 14.2 Å². The van der Waals surface area contributed by atoms with E-state index in [1.54, 1.807) is 0 Å². The van der Waals surface area contributed by atoms with Gasteiger partial charge in [-0.1, -0.05) is 56.8 Å². The third-order valence-electron chi connectivity index (χ3n) is 6.67. The predicted molar refractivity (Wildman–Crippen MR) is 110 cm³/mol. The molecule has 0 N–H and O–H groups in total. The summed E-state index contributed by atoms with van der Waals surface area (Å²) < 4.78 is 16.6. The Morgan fingerprint density at radius 3 is 2.32 bits per heavy atom. The maximum absolute atomic E-state index is 5.71. The molecule has 4 atom stereocenters. The molecule has 1 saturated carbocycles. The Morgan fingerprint density at radius 1 is 0.920 bits per heavy atom. The lowest BCUT2D eigenvalue weighted by molar-refractivity contribution is 0.117. The summed E-state index contributed by atoms with van der Waals surface area (Å²) in [4.78, 5) is 0. The van der Waals surface area contributed by atoms with Gasteiger partial charge in [-0.15, -0.1) is 0 Å². The van der Waals surface area contributed by atoms with Crippen LogP contribution in [0.3, 0.4) is 0 Å². The molecule has 0 bridgehead atoms. The van der Waals surface area contributed by atoms with Crippen LogP contribution in [0.5, 0.6) is 0 Å². The molecule has 25 heavy (non-hydrogen) atoms. The summed E-state index contributed by atoms with van der Waals surface area (Å²) in [5, 5.41) is 0. The van der Waals surface area contributed by atoms with E-state index in [4.69, 9.17) is 14.2 Å². The van der Waals surface area contributed by atoms with E-state index in [2.05, 4.69) is 26.2 Å². The number of hydrogen-bond acceptors (Lipinski definition) is 3. The minimum absolute atomic E-state index is 0.415. The van der Waals surface area contributed by atoms with Gasteiger partial charge in [-0.3, -0.25) is 0 Å². The van der Waals surface area contributed by atoms with Gasteiger partial charge in [-0.2, -0.15) is 0 Å². The second kappa shape index (κ2) is 8.55. The summed E-state index contributed by atoms with van der Waals surface area (Å²) in [5.74, 6) is 0.966. The topological polar surface area (TPSA) is 34.3 Å². The molecule has 3 fully saturated rings. The molecule has 1 aliphatic carbocycles. The molecule has 2 heterocycles. The van der Waals surface area contributed by atoms with Gasteiger partial charge >= 0.3 is 0 Å². The molecule has 0 spiro atoms. The molecule has 2 saturated heterocycles. The van der Waals surface area contributed by atoms with E-state index in [-0.39, 0.29) is 0 Å². The van der Waals surface area contributed by atoms with E-state index >= 15 is 0 Å². The van der Waals surface area contributed by atoms with Crippen LogP contribution in [0.25, 0.3) is 0 Å². The molecule has 0 aromatic heterocycles. The highest BCUT2D eigenvalue weighted by Crippen LogP contribution is 2.42. The average molecular weight is 385 g/mol. The molecular formula is C20H40O3Si2. The normalized spacial score (nSPS) is 31.7. The molecule has 0 aromatic rings. The number of epoxide rings is 2. The molecule has 4 unspecified atom stereocenters. The summed E-state index contributed by atoms with van der Waals surface area (Å²) in [5.41, 5.74) is 0. The quantitative estimate of drug-likeness (QED) is 0.264. The fourth-order valence-corrected chi connectivity index (χ4v) is 12.5. The summed E-state index contributed by atoms with van der Waals surface area (Å²) in [6.07, 6.45) is 8.59. The SMILES string of the molecule is C[Si](C)(CCCOCC1CO1)CC[Si](C)(C)CCC1CCC2OC2C1. The molecular weight excluding hydrogens is 344 g/mol. The highest BCUT2D eigenvalue weighted by Gasteiger charge is 2.43. The van der Waals surface area contributed by atoms with Crippen LogP contribution < -0.4 is 0 Å². The van der Waals surface area contributed by atoms with Crippen LogP contribution in [-0.4, -0.2) is 54.3 Å². The van der Waals surface area contributed by atoms with E-state index in [0.29, 0.717) is 18.3 Å². The van der Waals surface area contributed by atoms with Gasteiger partial charge in [0, 0.05) is 22.8 Å². The van der Waals surface area contributed by atoms with E-state index in [1.165, 1.54) is 56.3 Å². The maximum Gasteiger partial charge on any atom is 0.104 e. The van der Waals surface area contributed by atoms with Gasteiger partial charge in [0.25, 0.3) is 0 Å². The van der Waals surface area contributed by atoms with E-state index < -0.39 is 16.1 Å². The van der Waals surface area contributed by atoms with Crippen molar-refractivity contribution in [3.8, 4) is 0 Å². The maximum atomic E-state index is 5.71. The predicted octanol–water partition coefficient (Wildman–Crippen LogP) is 5.17. The Bertz CT molecular complexity index is 423. The summed E-state index contributed by atoms with van der Waals surface area (Å²) in [6, 6.07) is 6.02. The van der Waals surface area contributed by atoms with Crippen LogP contribution in [0.15, 0.2) is 0 Å². The van der Waals surface area contributed by atoms with Gasteiger partial charge in [0.1, 0.15) is 6.10 Å². The summed E-state index contributed by atoms with van der Waals surface area (Å²) in [6.45, 7) is 13.1. The van der Waals surface area contributed by atoms with Crippen molar-refractivity contribution in [3.05, 3.63) is 0 Å². The first-order valence-electron chi connectivity index (χ1n) is 10.7. The van der Waals surface area contributed by atoms with Crippen molar-refractivity contribution in [2.75, 3.05) is 19.8 Å². The minimum atomic E-state index is -1.04. The lowest BCUT2D eigenvalue weighted by atomic mass is 9.87. The van der Waals surface area contributed by atoms with Crippen LogP contribution in [0, 0.1) is 5.92 Å². The first-order valence-corrected chi connectivity index (χ1v) is 17.5. The van der Waals surface area contributed by atoms with E-state index in [9.17, 15) is 0 Å². The van der Waals surface area contributed by atoms with Crippen LogP contribution in [0.1, 0.15) is 32.1 Å². The molecule has 5 heteroatoms. The Kier molecular flexibility index (Phi) is 6.86. The number of rotatable bonds is 12. The fourth-order valence-electron chi connectivity index (χ4n) is 4.30. The van der Waals surface area contributed by atoms with Gasteiger partial charge in [0.05, 0.1) is 25.4 Å². The Morgan fingerprint density at radius 2 is 1.64 bits per heavy atom.